The van der Waals surface area contributed by atoms with E-state index in [-0.39, 0.29) is 11.8 Å². The van der Waals surface area contributed by atoms with Gasteiger partial charge >= 0.3 is 0 Å². The number of nitrogens with zero attached hydrogens (tertiary/aromatic N) is 4. The first-order valence-corrected chi connectivity index (χ1v) is 9.80. The molecule has 0 atom stereocenters. The molecule has 0 unspecified atom stereocenters. The van der Waals surface area contributed by atoms with Crippen LogP contribution in [0.5, 0.6) is 0 Å². The van der Waals surface area contributed by atoms with Gasteiger partial charge in [-0.3, -0.25) is 19.2 Å². The maximum atomic E-state index is 12.6. The quantitative estimate of drug-likeness (QED) is 0.668. The van der Waals surface area contributed by atoms with Gasteiger partial charge in [0.15, 0.2) is 5.65 Å². The fraction of sp³-hybridized carbons (Fsp3) is 0.333. The van der Waals surface area contributed by atoms with Gasteiger partial charge in [-0.25, -0.2) is 4.98 Å². The summed E-state index contributed by atoms with van der Waals surface area (Å²) in [6.07, 6.45) is 1.54. The molecule has 4 rings (SSSR count). The summed E-state index contributed by atoms with van der Waals surface area (Å²) in [7, 11) is 1.82. The van der Waals surface area contributed by atoms with Crippen molar-refractivity contribution in [1.29, 1.82) is 0 Å². The number of rotatable bonds is 5. The number of benzene rings is 1. The van der Waals surface area contributed by atoms with Gasteiger partial charge in [0.05, 0.1) is 31.0 Å². The number of anilines is 2. The number of nitrogens with one attached hydrogen (secondary N) is 2. The summed E-state index contributed by atoms with van der Waals surface area (Å²) >= 11 is 0. The first-order chi connectivity index (χ1) is 14.5. The molecule has 9 nitrogen and oxygen atoms in total. The van der Waals surface area contributed by atoms with Gasteiger partial charge in [0.25, 0.3) is 5.91 Å². The van der Waals surface area contributed by atoms with Gasteiger partial charge in [0.1, 0.15) is 0 Å². The van der Waals surface area contributed by atoms with Crippen molar-refractivity contribution < 1.29 is 14.3 Å². The lowest BCUT2D eigenvalue weighted by atomic mass is 10.2. The van der Waals surface area contributed by atoms with Gasteiger partial charge < -0.3 is 15.4 Å². The van der Waals surface area contributed by atoms with Crippen LogP contribution >= 0.6 is 0 Å². The predicted octanol–water partition coefficient (Wildman–Crippen LogP) is 1.80. The van der Waals surface area contributed by atoms with Crippen molar-refractivity contribution >= 4 is 34.2 Å². The minimum atomic E-state index is -0.253. The van der Waals surface area contributed by atoms with Gasteiger partial charge in [-0.2, -0.15) is 5.10 Å². The second kappa shape index (κ2) is 8.60. The molecule has 2 aromatic heterocycles. The molecule has 3 aromatic rings. The highest BCUT2D eigenvalue weighted by molar-refractivity contribution is 6.06. The van der Waals surface area contributed by atoms with Crippen LogP contribution in [0.4, 0.5) is 11.4 Å². The van der Waals surface area contributed by atoms with E-state index in [1.54, 1.807) is 41.2 Å². The van der Waals surface area contributed by atoms with Crippen LogP contribution in [-0.4, -0.2) is 64.3 Å². The number of hydrogen-bond acceptors (Lipinski definition) is 6. The summed E-state index contributed by atoms with van der Waals surface area (Å²) in [4.78, 5) is 31.2. The van der Waals surface area contributed by atoms with Crippen LogP contribution in [0.15, 0.2) is 36.5 Å². The van der Waals surface area contributed by atoms with Crippen LogP contribution in [0.2, 0.25) is 0 Å². The second-order valence-corrected chi connectivity index (χ2v) is 7.27. The molecule has 9 heteroatoms. The third kappa shape index (κ3) is 4.47. The van der Waals surface area contributed by atoms with Crippen LogP contribution in [0.3, 0.4) is 0 Å². The first-order valence-electron chi connectivity index (χ1n) is 9.80. The van der Waals surface area contributed by atoms with Gasteiger partial charge in [-0.15, -0.1) is 0 Å². The lowest BCUT2D eigenvalue weighted by Crippen LogP contribution is -2.41. The molecule has 30 heavy (non-hydrogen) atoms. The van der Waals surface area contributed by atoms with E-state index in [2.05, 4.69) is 25.6 Å². The van der Waals surface area contributed by atoms with Crippen LogP contribution in [-0.2, 0) is 16.6 Å². The zero-order valence-corrected chi connectivity index (χ0v) is 17.0. The summed E-state index contributed by atoms with van der Waals surface area (Å²) in [5.74, 6) is -0.323. The average molecular weight is 408 g/mol. The Balaban J connectivity index is 1.36. The number of fused-ring (bicyclic) bond motifs is 1. The Morgan fingerprint density at radius 1 is 1.10 bits per heavy atom. The van der Waals surface area contributed by atoms with Crippen molar-refractivity contribution in [2.45, 2.75) is 6.92 Å². The molecular formula is C21H24N6O3. The number of pyridine rings is 1. The van der Waals surface area contributed by atoms with E-state index < -0.39 is 0 Å². The number of carbonyl (C=O) groups excluding carboxylic acids is 2. The molecule has 1 fully saturated rings. The fourth-order valence-electron chi connectivity index (χ4n) is 3.44. The fourth-order valence-corrected chi connectivity index (χ4v) is 3.44. The Morgan fingerprint density at radius 3 is 2.47 bits per heavy atom. The zero-order chi connectivity index (χ0) is 21.1. The molecule has 1 aliphatic heterocycles. The minimum Gasteiger partial charge on any atom is -0.379 e. The predicted molar refractivity (Wildman–Crippen MR) is 114 cm³/mol. The van der Waals surface area contributed by atoms with E-state index in [1.807, 2.05) is 14.0 Å². The largest absolute Gasteiger partial charge is 0.379 e. The average Bonchev–Trinajstić information content (AvgIpc) is 3.03. The third-order valence-electron chi connectivity index (χ3n) is 5.02. The number of amides is 2. The molecule has 0 aliphatic carbocycles. The van der Waals surface area contributed by atoms with E-state index in [1.165, 1.54) is 0 Å². The highest BCUT2D eigenvalue weighted by Crippen LogP contribution is 2.18. The molecule has 3 heterocycles. The number of aryl methyl sites for hydroxylation is 2. The standard InChI is InChI=1S/C21H24N6O3/c1-14-18-11-15(12-22-20(18)26(2)25-14)21(29)24-17-5-3-16(4-6-17)23-19(28)13-27-7-9-30-10-8-27/h3-6,11-12H,7-10,13H2,1-2H3,(H,23,28)(H,24,29). The lowest BCUT2D eigenvalue weighted by Gasteiger charge is -2.25. The monoisotopic (exact) mass is 408 g/mol. The van der Waals surface area contributed by atoms with Gasteiger partial charge in [0.2, 0.25) is 5.91 Å². The van der Waals surface area contributed by atoms with E-state index >= 15 is 0 Å². The van der Waals surface area contributed by atoms with E-state index in [4.69, 9.17) is 4.74 Å². The number of ether oxygens (including phenoxy) is 1. The third-order valence-corrected chi connectivity index (χ3v) is 5.02. The summed E-state index contributed by atoms with van der Waals surface area (Å²) in [5, 5.41) is 10.9. The van der Waals surface area contributed by atoms with Crippen LogP contribution in [0.1, 0.15) is 16.1 Å². The van der Waals surface area contributed by atoms with Crippen molar-refractivity contribution in [3.8, 4) is 0 Å². The summed E-state index contributed by atoms with van der Waals surface area (Å²) in [6.45, 7) is 5.06. The summed E-state index contributed by atoms with van der Waals surface area (Å²) in [6, 6.07) is 8.83. The van der Waals surface area contributed by atoms with Crippen LogP contribution in [0.25, 0.3) is 11.0 Å². The van der Waals surface area contributed by atoms with Crippen molar-refractivity contribution in [3.05, 3.63) is 47.8 Å². The van der Waals surface area contributed by atoms with Crippen molar-refractivity contribution in [1.82, 2.24) is 19.7 Å². The Hall–Kier alpha value is -3.30. The minimum absolute atomic E-state index is 0.0695. The summed E-state index contributed by atoms with van der Waals surface area (Å²) in [5.41, 5.74) is 3.34. The van der Waals surface area contributed by atoms with E-state index in [9.17, 15) is 9.59 Å². The van der Waals surface area contributed by atoms with E-state index in [0.29, 0.717) is 36.7 Å². The molecule has 2 amide bonds. The number of carbonyl (C=O) groups is 2. The number of morpholine rings is 1. The molecule has 0 bridgehead atoms. The molecule has 0 radical (unpaired) electrons. The number of hydrogen-bond donors (Lipinski definition) is 2. The Bertz CT molecular complexity index is 1070. The first kappa shape index (κ1) is 20.0. The zero-order valence-electron chi connectivity index (χ0n) is 17.0. The maximum absolute atomic E-state index is 12.6. The highest BCUT2D eigenvalue weighted by Gasteiger charge is 2.15. The summed E-state index contributed by atoms with van der Waals surface area (Å²) < 4.78 is 6.98. The van der Waals surface area contributed by atoms with Crippen molar-refractivity contribution in [2.24, 2.45) is 7.05 Å². The van der Waals surface area contributed by atoms with E-state index in [0.717, 1.165) is 29.8 Å². The Kier molecular flexibility index (Phi) is 5.73. The normalized spacial score (nSPS) is 14.6. The molecule has 0 saturated carbocycles. The number of aromatic nitrogens is 3. The SMILES string of the molecule is Cc1nn(C)c2ncc(C(=O)Nc3ccc(NC(=O)CN4CCOCC4)cc3)cc12. The topological polar surface area (TPSA) is 101 Å². The Morgan fingerprint density at radius 2 is 1.77 bits per heavy atom. The second-order valence-electron chi connectivity index (χ2n) is 7.27. The lowest BCUT2D eigenvalue weighted by molar-refractivity contribution is -0.118. The molecule has 2 N–H and O–H groups in total. The van der Waals surface area contributed by atoms with Gasteiger partial charge in [-0.05, 0) is 37.3 Å². The molecule has 156 valence electrons. The van der Waals surface area contributed by atoms with Crippen LogP contribution < -0.4 is 10.6 Å². The highest BCUT2D eigenvalue weighted by atomic mass is 16.5. The molecule has 0 spiro atoms. The van der Waals surface area contributed by atoms with Crippen molar-refractivity contribution in [3.63, 3.8) is 0 Å². The van der Waals surface area contributed by atoms with Gasteiger partial charge in [0, 0.05) is 43.1 Å². The Labute approximate surface area is 174 Å². The molecule has 1 saturated heterocycles. The smallest absolute Gasteiger partial charge is 0.257 e. The molecule has 1 aliphatic rings. The maximum Gasteiger partial charge on any atom is 0.257 e. The van der Waals surface area contributed by atoms with Crippen molar-refractivity contribution in [2.75, 3.05) is 43.5 Å². The van der Waals surface area contributed by atoms with Crippen LogP contribution in [0, 0.1) is 6.92 Å². The molecular weight excluding hydrogens is 384 g/mol. The molecule has 1 aromatic carbocycles. The van der Waals surface area contributed by atoms with Gasteiger partial charge in [-0.1, -0.05) is 0 Å².